The molecule has 17 heavy (non-hydrogen) atoms. The molecule has 0 radical (unpaired) electrons. The van der Waals surface area contributed by atoms with Crippen LogP contribution in [0.1, 0.15) is 32.1 Å². The van der Waals surface area contributed by atoms with Crippen LogP contribution < -0.4 is 10.6 Å². The first kappa shape index (κ1) is 14.7. The molecule has 1 heterocycles. The van der Waals surface area contributed by atoms with Crippen molar-refractivity contribution < 1.29 is 9.53 Å². The molecule has 2 aliphatic rings. The lowest BCUT2D eigenvalue weighted by atomic mass is 10.1. The van der Waals surface area contributed by atoms with Gasteiger partial charge < -0.3 is 15.4 Å². The predicted molar refractivity (Wildman–Crippen MR) is 69.4 cm³/mol. The molecule has 1 atom stereocenters. The van der Waals surface area contributed by atoms with Gasteiger partial charge in [0.2, 0.25) is 5.91 Å². The van der Waals surface area contributed by atoms with Crippen LogP contribution in [0.2, 0.25) is 0 Å². The number of hydrogen-bond donors (Lipinski definition) is 2. The number of nitrogens with one attached hydrogen (secondary N) is 2. The Hall–Kier alpha value is -0.320. The van der Waals surface area contributed by atoms with Gasteiger partial charge in [0.1, 0.15) is 0 Å². The van der Waals surface area contributed by atoms with E-state index in [-0.39, 0.29) is 24.2 Å². The van der Waals surface area contributed by atoms with Crippen molar-refractivity contribution in [2.24, 2.45) is 5.92 Å². The number of halogens is 1. The fourth-order valence-electron chi connectivity index (χ4n) is 2.48. The highest BCUT2D eigenvalue weighted by molar-refractivity contribution is 5.85. The van der Waals surface area contributed by atoms with Gasteiger partial charge in [0.05, 0.1) is 18.6 Å². The van der Waals surface area contributed by atoms with Gasteiger partial charge in [-0.15, -0.1) is 12.4 Å². The Kier molecular flexibility index (Phi) is 6.85. The Labute approximate surface area is 109 Å². The maximum Gasteiger partial charge on any atom is 0.224 e. The summed E-state index contributed by atoms with van der Waals surface area (Å²) in [5.41, 5.74) is 0. The lowest BCUT2D eigenvalue weighted by Crippen LogP contribution is -2.34. The quantitative estimate of drug-likeness (QED) is 0.730. The summed E-state index contributed by atoms with van der Waals surface area (Å²) in [6.45, 7) is 3.12. The molecule has 0 bridgehead atoms. The standard InChI is InChI=1S/C12H22N2O2.ClH/c15-12(10-5-6-13-9-10)14-7-8-16-11-3-1-2-4-11;/h10-11,13H,1-9H2,(H,14,15);1H. The third-order valence-corrected chi connectivity index (χ3v) is 3.49. The molecule has 1 unspecified atom stereocenters. The molecule has 100 valence electrons. The summed E-state index contributed by atoms with van der Waals surface area (Å²) in [4.78, 5) is 11.6. The lowest BCUT2D eigenvalue weighted by molar-refractivity contribution is -0.124. The molecule has 0 aromatic carbocycles. The van der Waals surface area contributed by atoms with Gasteiger partial charge in [-0.3, -0.25) is 4.79 Å². The third-order valence-electron chi connectivity index (χ3n) is 3.49. The van der Waals surface area contributed by atoms with Crippen molar-refractivity contribution in [2.75, 3.05) is 26.2 Å². The number of carbonyl (C=O) groups excluding carboxylic acids is 1. The van der Waals surface area contributed by atoms with Crippen molar-refractivity contribution >= 4 is 18.3 Å². The molecule has 0 aromatic rings. The minimum Gasteiger partial charge on any atom is -0.376 e. The summed E-state index contributed by atoms with van der Waals surface area (Å²) in [6, 6.07) is 0. The molecule has 2 rings (SSSR count). The summed E-state index contributed by atoms with van der Waals surface area (Å²) in [5, 5.41) is 6.14. The molecule has 0 aromatic heterocycles. The van der Waals surface area contributed by atoms with Gasteiger partial charge in [0.15, 0.2) is 0 Å². The molecule has 2 N–H and O–H groups in total. The highest BCUT2D eigenvalue weighted by Crippen LogP contribution is 2.20. The van der Waals surface area contributed by atoms with Crippen LogP contribution in [0.4, 0.5) is 0 Å². The number of ether oxygens (including phenoxy) is 1. The lowest BCUT2D eigenvalue weighted by Gasteiger charge is -2.13. The van der Waals surface area contributed by atoms with Crippen LogP contribution in [0, 0.1) is 5.92 Å². The van der Waals surface area contributed by atoms with E-state index in [2.05, 4.69) is 10.6 Å². The normalized spacial score (nSPS) is 24.6. The Bertz CT molecular complexity index is 227. The zero-order valence-corrected chi connectivity index (χ0v) is 11.1. The van der Waals surface area contributed by atoms with E-state index < -0.39 is 0 Å². The van der Waals surface area contributed by atoms with E-state index in [1.807, 2.05) is 0 Å². The van der Waals surface area contributed by atoms with E-state index in [1.165, 1.54) is 25.7 Å². The highest BCUT2D eigenvalue weighted by Gasteiger charge is 2.21. The average molecular weight is 263 g/mol. The molecular weight excluding hydrogens is 240 g/mol. The van der Waals surface area contributed by atoms with Gasteiger partial charge in [-0.2, -0.15) is 0 Å². The monoisotopic (exact) mass is 262 g/mol. The number of carbonyl (C=O) groups is 1. The first-order chi connectivity index (χ1) is 7.86. The Morgan fingerprint density at radius 1 is 1.29 bits per heavy atom. The molecule has 1 saturated heterocycles. The first-order valence-electron chi connectivity index (χ1n) is 6.46. The van der Waals surface area contributed by atoms with Crippen molar-refractivity contribution in [3.63, 3.8) is 0 Å². The summed E-state index contributed by atoms with van der Waals surface area (Å²) < 4.78 is 5.69. The van der Waals surface area contributed by atoms with E-state index in [0.717, 1.165) is 19.5 Å². The van der Waals surface area contributed by atoms with E-state index in [4.69, 9.17) is 4.74 Å². The minimum absolute atomic E-state index is 0. The van der Waals surface area contributed by atoms with Crippen molar-refractivity contribution in [3.05, 3.63) is 0 Å². The van der Waals surface area contributed by atoms with E-state index in [9.17, 15) is 4.79 Å². The van der Waals surface area contributed by atoms with Crippen LogP contribution in [0.15, 0.2) is 0 Å². The SMILES string of the molecule is Cl.O=C(NCCOC1CCCC1)C1CCNC1. The summed E-state index contributed by atoms with van der Waals surface area (Å²) in [5.74, 6) is 0.353. The van der Waals surface area contributed by atoms with Gasteiger partial charge in [0.25, 0.3) is 0 Å². The maximum absolute atomic E-state index is 11.6. The largest absolute Gasteiger partial charge is 0.376 e. The molecule has 0 spiro atoms. The molecule has 1 aliphatic carbocycles. The van der Waals surface area contributed by atoms with Gasteiger partial charge in [-0.05, 0) is 25.8 Å². The van der Waals surface area contributed by atoms with E-state index in [0.29, 0.717) is 19.3 Å². The van der Waals surface area contributed by atoms with E-state index in [1.54, 1.807) is 0 Å². The smallest absolute Gasteiger partial charge is 0.224 e. The molecular formula is C12H23ClN2O2. The van der Waals surface area contributed by atoms with Crippen molar-refractivity contribution in [3.8, 4) is 0 Å². The fourth-order valence-corrected chi connectivity index (χ4v) is 2.48. The summed E-state index contributed by atoms with van der Waals surface area (Å²) in [7, 11) is 0. The molecule has 5 heteroatoms. The minimum atomic E-state index is 0. The van der Waals surface area contributed by atoms with Gasteiger partial charge in [0, 0.05) is 13.1 Å². The van der Waals surface area contributed by atoms with Crippen LogP contribution in [0.5, 0.6) is 0 Å². The first-order valence-corrected chi connectivity index (χ1v) is 6.46. The topological polar surface area (TPSA) is 50.4 Å². The Balaban J connectivity index is 0.00000144. The molecule has 1 amide bonds. The molecule has 1 saturated carbocycles. The highest BCUT2D eigenvalue weighted by atomic mass is 35.5. The van der Waals surface area contributed by atoms with Crippen molar-refractivity contribution in [1.29, 1.82) is 0 Å². The van der Waals surface area contributed by atoms with Crippen LogP contribution >= 0.6 is 12.4 Å². The second-order valence-electron chi connectivity index (χ2n) is 4.76. The van der Waals surface area contributed by atoms with Crippen LogP contribution in [-0.4, -0.2) is 38.3 Å². The molecule has 2 fully saturated rings. The molecule has 4 nitrogen and oxygen atoms in total. The molecule has 1 aliphatic heterocycles. The average Bonchev–Trinajstić information content (AvgIpc) is 2.96. The van der Waals surface area contributed by atoms with Crippen LogP contribution in [0.3, 0.4) is 0 Å². The number of rotatable bonds is 5. The van der Waals surface area contributed by atoms with Gasteiger partial charge in [-0.1, -0.05) is 12.8 Å². The fraction of sp³-hybridized carbons (Fsp3) is 0.917. The third kappa shape index (κ3) is 4.82. The van der Waals surface area contributed by atoms with Gasteiger partial charge >= 0.3 is 0 Å². The van der Waals surface area contributed by atoms with Crippen molar-refractivity contribution in [1.82, 2.24) is 10.6 Å². The van der Waals surface area contributed by atoms with Gasteiger partial charge in [-0.25, -0.2) is 0 Å². The predicted octanol–water partition coefficient (Wildman–Crippen LogP) is 1.09. The number of amides is 1. The zero-order chi connectivity index (χ0) is 11.2. The summed E-state index contributed by atoms with van der Waals surface area (Å²) in [6.07, 6.45) is 6.40. The van der Waals surface area contributed by atoms with Crippen LogP contribution in [0.25, 0.3) is 0 Å². The van der Waals surface area contributed by atoms with Crippen molar-refractivity contribution in [2.45, 2.75) is 38.2 Å². The zero-order valence-electron chi connectivity index (χ0n) is 10.2. The number of hydrogen-bond acceptors (Lipinski definition) is 3. The Morgan fingerprint density at radius 3 is 2.71 bits per heavy atom. The maximum atomic E-state index is 11.6. The Morgan fingerprint density at radius 2 is 2.06 bits per heavy atom. The second-order valence-corrected chi connectivity index (χ2v) is 4.76. The van der Waals surface area contributed by atoms with Crippen LogP contribution in [-0.2, 0) is 9.53 Å². The second kappa shape index (κ2) is 7.90. The van der Waals surface area contributed by atoms with E-state index >= 15 is 0 Å². The summed E-state index contributed by atoms with van der Waals surface area (Å²) >= 11 is 0.